The third kappa shape index (κ3) is 7.97. The molecule has 2 aliphatic rings. The second-order valence-electron chi connectivity index (χ2n) is 12.7. The molecule has 1 saturated carbocycles. The van der Waals surface area contributed by atoms with Gasteiger partial charge in [0, 0.05) is 92.4 Å². The van der Waals surface area contributed by atoms with Crippen molar-refractivity contribution in [3.05, 3.63) is 81.8 Å². The van der Waals surface area contributed by atoms with Crippen LogP contribution in [-0.2, 0) is 17.9 Å². The Kier molecular flexibility index (Phi) is 11.0. The van der Waals surface area contributed by atoms with Crippen LogP contribution in [0.3, 0.4) is 0 Å². The molecular weight excluding hydrogens is 668 g/mol. The largest absolute Gasteiger partial charge is 0.481 e. The third-order valence-corrected chi connectivity index (χ3v) is 10.2. The van der Waals surface area contributed by atoms with E-state index < -0.39 is 5.82 Å². The Balaban J connectivity index is 1.17. The Morgan fingerprint density at radius 3 is 2.51 bits per heavy atom. The lowest BCUT2D eigenvalue weighted by molar-refractivity contribution is -0.129. The molecule has 4 heterocycles. The van der Waals surface area contributed by atoms with Gasteiger partial charge in [0.1, 0.15) is 0 Å². The smallest absolute Gasteiger partial charge is 0.219 e. The van der Waals surface area contributed by atoms with E-state index in [0.29, 0.717) is 75.9 Å². The fraction of sp³-hybridized carbons (Fsp3) is 0.389. The average molecular weight is 709 g/mol. The molecule has 0 unspecified atom stereocenters. The molecule has 258 valence electrons. The highest BCUT2D eigenvalue weighted by Gasteiger charge is 2.41. The van der Waals surface area contributed by atoms with Crippen molar-refractivity contribution in [2.75, 3.05) is 38.7 Å². The number of aromatic nitrogens is 3. The lowest BCUT2D eigenvalue weighted by Gasteiger charge is -2.31. The zero-order valence-electron chi connectivity index (χ0n) is 27.5. The second-order valence-corrected chi connectivity index (χ2v) is 13.5. The number of piperidine rings is 1. The summed E-state index contributed by atoms with van der Waals surface area (Å²) in [7, 11) is 1.58. The highest BCUT2D eigenvalue weighted by molar-refractivity contribution is 6.39. The van der Waals surface area contributed by atoms with Crippen LogP contribution in [0.15, 0.2) is 54.9 Å². The Bertz CT molecular complexity index is 1820. The molecule has 2 fully saturated rings. The van der Waals surface area contributed by atoms with Gasteiger partial charge >= 0.3 is 0 Å². The Labute approximate surface area is 295 Å². The fourth-order valence-corrected chi connectivity index (χ4v) is 6.66. The number of carbonyl (C=O) groups is 1. The van der Waals surface area contributed by atoms with E-state index in [9.17, 15) is 9.90 Å². The maximum atomic E-state index is 15.6. The molecule has 1 aliphatic carbocycles. The highest BCUT2D eigenvalue weighted by Crippen LogP contribution is 2.44. The summed E-state index contributed by atoms with van der Waals surface area (Å²) in [5, 5.41) is 20.2. The number of anilines is 2. The van der Waals surface area contributed by atoms with E-state index in [-0.39, 0.29) is 29.8 Å². The van der Waals surface area contributed by atoms with Crippen molar-refractivity contribution in [3.63, 3.8) is 0 Å². The monoisotopic (exact) mass is 707 g/mol. The second kappa shape index (κ2) is 15.3. The maximum Gasteiger partial charge on any atom is 0.219 e. The van der Waals surface area contributed by atoms with Crippen molar-refractivity contribution < 1.29 is 19.0 Å². The van der Waals surface area contributed by atoms with Crippen LogP contribution in [0.25, 0.3) is 22.5 Å². The number of halogens is 3. The van der Waals surface area contributed by atoms with Crippen LogP contribution in [0.4, 0.5) is 15.9 Å². The molecule has 0 atom stereocenters. The number of rotatable bonds is 13. The van der Waals surface area contributed by atoms with E-state index >= 15 is 4.39 Å². The van der Waals surface area contributed by atoms with E-state index in [1.807, 2.05) is 17.0 Å². The summed E-state index contributed by atoms with van der Waals surface area (Å²) in [6.07, 6.45) is 6.89. The number of benzene rings is 1. The van der Waals surface area contributed by atoms with E-state index in [2.05, 4.69) is 25.9 Å². The van der Waals surface area contributed by atoms with Gasteiger partial charge in [-0.15, -0.1) is 0 Å². The zero-order valence-corrected chi connectivity index (χ0v) is 29.0. The van der Waals surface area contributed by atoms with Crippen molar-refractivity contribution in [1.82, 2.24) is 30.5 Å². The van der Waals surface area contributed by atoms with Crippen LogP contribution < -0.4 is 20.7 Å². The molecule has 1 aromatic carbocycles. The number of likely N-dealkylation sites (tertiary alicyclic amines) is 1. The van der Waals surface area contributed by atoms with Crippen molar-refractivity contribution >= 4 is 40.6 Å². The first-order valence-corrected chi connectivity index (χ1v) is 17.2. The van der Waals surface area contributed by atoms with Gasteiger partial charge in [0.2, 0.25) is 11.8 Å². The molecule has 13 heteroatoms. The number of aliphatic hydroxyl groups excluding tert-OH is 1. The standard InChI is InChI=1S/C36H40Cl2FN7O3/c1-22(48)46-16-10-25(11-17-46)43-19-23-8-14-42-34(32(23)39)44-29-5-3-4-27(30(29)37)33-31(38)26(9-15-41-33)28-7-6-24(35(45-28)49-2)18-40-20-36(21-47)12-13-36/h3-9,14-15,25,40,43,47H,10-13,16-21H2,1-2H3,(H,42,44). The number of ether oxygens (including phenoxy) is 1. The molecule has 0 spiro atoms. The molecular formula is C36H40Cl2FN7O3. The van der Waals surface area contributed by atoms with Crippen molar-refractivity contribution in [1.29, 1.82) is 0 Å². The molecule has 1 amide bonds. The summed E-state index contributed by atoms with van der Waals surface area (Å²) in [4.78, 5) is 27.0. The lowest BCUT2D eigenvalue weighted by Crippen LogP contribution is -2.44. The van der Waals surface area contributed by atoms with Gasteiger partial charge in [-0.3, -0.25) is 9.78 Å². The van der Waals surface area contributed by atoms with Gasteiger partial charge in [0.15, 0.2) is 11.6 Å². The van der Waals surface area contributed by atoms with E-state index in [1.54, 1.807) is 56.8 Å². The number of hydrogen-bond acceptors (Lipinski definition) is 9. The van der Waals surface area contributed by atoms with Crippen molar-refractivity contribution in [2.45, 2.75) is 51.7 Å². The molecule has 3 aromatic heterocycles. The van der Waals surface area contributed by atoms with E-state index in [4.69, 9.17) is 32.9 Å². The normalized spacial score (nSPS) is 15.7. The van der Waals surface area contributed by atoms with Crippen LogP contribution >= 0.6 is 23.2 Å². The van der Waals surface area contributed by atoms with Gasteiger partial charge in [-0.2, -0.15) is 0 Å². The summed E-state index contributed by atoms with van der Waals surface area (Å²) in [6, 6.07) is 12.8. The summed E-state index contributed by atoms with van der Waals surface area (Å²) >= 11 is 13.9. The van der Waals surface area contributed by atoms with Crippen LogP contribution in [0.2, 0.25) is 10.0 Å². The van der Waals surface area contributed by atoms with Gasteiger partial charge in [-0.1, -0.05) is 41.4 Å². The molecule has 1 saturated heterocycles. The first-order valence-electron chi connectivity index (χ1n) is 16.4. The van der Waals surface area contributed by atoms with Crippen molar-refractivity contribution in [3.8, 4) is 28.4 Å². The molecule has 4 N–H and O–H groups in total. The van der Waals surface area contributed by atoms with Crippen LogP contribution in [0.1, 0.15) is 43.7 Å². The first kappa shape index (κ1) is 35.0. The number of hydrogen-bond donors (Lipinski definition) is 4. The lowest BCUT2D eigenvalue weighted by atomic mass is 10.0. The number of pyridine rings is 3. The Hall–Kier alpha value is -3.87. The molecule has 0 radical (unpaired) electrons. The minimum atomic E-state index is -0.477. The minimum absolute atomic E-state index is 0.00123. The van der Waals surface area contributed by atoms with Crippen LogP contribution in [0.5, 0.6) is 5.88 Å². The number of aliphatic hydroxyl groups is 1. The molecule has 10 nitrogen and oxygen atoms in total. The number of amides is 1. The van der Waals surface area contributed by atoms with E-state index in [0.717, 1.165) is 37.8 Å². The first-order chi connectivity index (χ1) is 23.7. The maximum absolute atomic E-state index is 15.6. The van der Waals surface area contributed by atoms with E-state index in [1.165, 1.54) is 0 Å². The zero-order chi connectivity index (χ0) is 34.5. The van der Waals surface area contributed by atoms with Gasteiger partial charge in [-0.05, 0) is 49.9 Å². The van der Waals surface area contributed by atoms with Gasteiger partial charge in [-0.25, -0.2) is 14.4 Å². The highest BCUT2D eigenvalue weighted by atomic mass is 35.5. The SMILES string of the molecule is COc1nc(-c2ccnc(-c3cccc(Nc4nccc(CNC5CCN(C(C)=O)CC5)c4F)c3Cl)c2Cl)ccc1CNCC1(CO)CC1. The summed E-state index contributed by atoms with van der Waals surface area (Å²) < 4.78 is 21.3. The Morgan fingerprint density at radius 1 is 1.02 bits per heavy atom. The molecule has 0 bridgehead atoms. The Morgan fingerprint density at radius 2 is 1.80 bits per heavy atom. The van der Waals surface area contributed by atoms with Crippen LogP contribution in [0, 0.1) is 11.2 Å². The average Bonchev–Trinajstić information content (AvgIpc) is 3.90. The fourth-order valence-electron chi connectivity index (χ4n) is 6.09. The quantitative estimate of drug-likeness (QED) is 0.126. The topological polar surface area (TPSA) is 125 Å². The van der Waals surface area contributed by atoms with Gasteiger partial charge in [0.25, 0.3) is 0 Å². The van der Waals surface area contributed by atoms with Crippen molar-refractivity contribution in [2.24, 2.45) is 5.41 Å². The molecule has 1 aliphatic heterocycles. The minimum Gasteiger partial charge on any atom is -0.481 e. The number of nitrogens with one attached hydrogen (secondary N) is 3. The summed E-state index contributed by atoms with van der Waals surface area (Å²) in [5.41, 5.74) is 4.06. The third-order valence-electron chi connectivity index (χ3n) is 9.40. The summed E-state index contributed by atoms with van der Waals surface area (Å²) in [6.45, 7) is 4.77. The van der Waals surface area contributed by atoms with Gasteiger partial charge in [0.05, 0.1) is 34.2 Å². The number of carbonyl (C=O) groups excluding carboxylic acids is 1. The number of nitrogens with zero attached hydrogens (tertiary/aromatic N) is 4. The predicted molar refractivity (Wildman–Crippen MR) is 190 cm³/mol. The van der Waals surface area contributed by atoms with Gasteiger partial charge < -0.3 is 30.7 Å². The molecule has 49 heavy (non-hydrogen) atoms. The predicted octanol–water partition coefficient (Wildman–Crippen LogP) is 6.37. The summed E-state index contributed by atoms with van der Waals surface area (Å²) in [5.74, 6) is 0.126. The molecule has 6 rings (SSSR count). The van der Waals surface area contributed by atoms with Crippen LogP contribution in [-0.4, -0.2) is 70.3 Å². The number of methoxy groups -OCH3 is 1. The molecule has 4 aromatic rings.